The van der Waals surface area contributed by atoms with Gasteiger partial charge in [0.05, 0.1) is 18.6 Å². The number of amides is 1. The quantitative estimate of drug-likeness (QED) is 0.850. The molecule has 0 aliphatic carbocycles. The van der Waals surface area contributed by atoms with Gasteiger partial charge in [-0.25, -0.2) is 0 Å². The van der Waals surface area contributed by atoms with Crippen LogP contribution in [0.3, 0.4) is 0 Å². The second-order valence-corrected chi connectivity index (χ2v) is 4.49. The monoisotopic (exact) mass is 235 g/mol. The first-order valence-electron chi connectivity index (χ1n) is 5.76. The highest BCUT2D eigenvalue weighted by molar-refractivity contribution is 5.94. The lowest BCUT2D eigenvalue weighted by molar-refractivity contribution is -0.122. The number of anilines is 1. The molecule has 1 fully saturated rings. The van der Waals surface area contributed by atoms with Crippen LogP contribution in [0, 0.1) is 5.92 Å². The van der Waals surface area contributed by atoms with E-state index < -0.39 is 0 Å². The summed E-state index contributed by atoms with van der Waals surface area (Å²) >= 11 is 0. The first kappa shape index (κ1) is 11.9. The van der Waals surface area contributed by atoms with Crippen molar-refractivity contribution in [2.45, 2.75) is 19.4 Å². The minimum atomic E-state index is -0.0520. The van der Waals surface area contributed by atoms with Crippen molar-refractivity contribution in [3.63, 3.8) is 0 Å². The summed E-state index contributed by atoms with van der Waals surface area (Å²) in [4.78, 5) is 13.8. The summed E-state index contributed by atoms with van der Waals surface area (Å²) in [6.07, 6.45) is 0.943. The molecule has 0 aromatic heterocycles. The van der Waals surface area contributed by atoms with E-state index in [-0.39, 0.29) is 23.7 Å². The van der Waals surface area contributed by atoms with Gasteiger partial charge < -0.3 is 14.7 Å². The number of phenols is 1. The molecular formula is C13H17NO3. The fourth-order valence-corrected chi connectivity index (χ4v) is 2.07. The van der Waals surface area contributed by atoms with Gasteiger partial charge in [0, 0.05) is 12.7 Å². The molecule has 1 aliphatic rings. The summed E-state index contributed by atoms with van der Waals surface area (Å²) in [6.45, 7) is 2.48. The van der Waals surface area contributed by atoms with Gasteiger partial charge >= 0.3 is 0 Å². The highest BCUT2D eigenvalue weighted by Gasteiger charge is 2.30. The summed E-state index contributed by atoms with van der Waals surface area (Å²) in [5.41, 5.74) is 0.785. The summed E-state index contributed by atoms with van der Waals surface area (Å²) in [5, 5.41) is 9.20. The summed E-state index contributed by atoms with van der Waals surface area (Å²) in [7, 11) is 1.75. The highest BCUT2D eigenvalue weighted by atomic mass is 16.5. The Morgan fingerprint density at radius 2 is 2.06 bits per heavy atom. The molecule has 92 valence electrons. The van der Waals surface area contributed by atoms with Gasteiger partial charge in [0.25, 0.3) is 0 Å². The van der Waals surface area contributed by atoms with Gasteiger partial charge in [0.2, 0.25) is 5.91 Å². The van der Waals surface area contributed by atoms with E-state index in [0.717, 1.165) is 12.1 Å². The normalized spacial score (nSPS) is 23.6. The van der Waals surface area contributed by atoms with E-state index >= 15 is 0 Å². The Morgan fingerprint density at radius 3 is 2.59 bits per heavy atom. The van der Waals surface area contributed by atoms with Crippen molar-refractivity contribution in [2.75, 3.05) is 18.6 Å². The number of ether oxygens (including phenoxy) is 1. The van der Waals surface area contributed by atoms with Gasteiger partial charge in [0.15, 0.2) is 0 Å². The van der Waals surface area contributed by atoms with Crippen molar-refractivity contribution in [3.05, 3.63) is 24.3 Å². The Labute approximate surface area is 101 Å². The Bertz CT molecular complexity index is 402. The first-order chi connectivity index (χ1) is 8.08. The highest BCUT2D eigenvalue weighted by Crippen LogP contribution is 2.24. The summed E-state index contributed by atoms with van der Waals surface area (Å²) < 4.78 is 5.40. The number of nitrogens with zero attached hydrogens (tertiary/aromatic N) is 1. The minimum Gasteiger partial charge on any atom is -0.508 e. The van der Waals surface area contributed by atoms with Crippen LogP contribution >= 0.6 is 0 Å². The number of carbonyl (C=O) groups excluding carboxylic acids is 1. The van der Waals surface area contributed by atoms with Crippen LogP contribution in [0.25, 0.3) is 0 Å². The molecule has 2 rings (SSSR count). The van der Waals surface area contributed by atoms with Crippen LogP contribution in [0.15, 0.2) is 24.3 Å². The van der Waals surface area contributed by atoms with Gasteiger partial charge in [0.1, 0.15) is 5.75 Å². The van der Waals surface area contributed by atoms with Crippen molar-refractivity contribution in [2.24, 2.45) is 5.92 Å². The number of phenolic OH excluding ortho intramolecular Hbond substituents is 1. The molecule has 1 saturated heterocycles. The number of aromatic hydroxyl groups is 1. The molecular weight excluding hydrogens is 218 g/mol. The van der Waals surface area contributed by atoms with Crippen molar-refractivity contribution in [1.29, 1.82) is 0 Å². The Kier molecular flexibility index (Phi) is 3.33. The molecule has 1 heterocycles. The second-order valence-electron chi connectivity index (χ2n) is 4.49. The van der Waals surface area contributed by atoms with Crippen molar-refractivity contribution in [1.82, 2.24) is 0 Å². The SMILES string of the molecule is CC1CC(C(=O)N(C)c2ccc(O)cc2)CO1. The largest absolute Gasteiger partial charge is 0.508 e. The van der Waals surface area contributed by atoms with Gasteiger partial charge in [-0.1, -0.05) is 0 Å². The van der Waals surface area contributed by atoms with E-state index in [1.165, 1.54) is 0 Å². The van der Waals surface area contributed by atoms with Crippen LogP contribution in [0.1, 0.15) is 13.3 Å². The van der Waals surface area contributed by atoms with Crippen LogP contribution < -0.4 is 4.90 Å². The van der Waals surface area contributed by atoms with E-state index in [4.69, 9.17) is 4.74 Å². The fourth-order valence-electron chi connectivity index (χ4n) is 2.07. The molecule has 1 N–H and O–H groups in total. The van der Waals surface area contributed by atoms with E-state index in [2.05, 4.69) is 0 Å². The Balaban J connectivity index is 2.06. The third-order valence-corrected chi connectivity index (χ3v) is 3.12. The molecule has 2 atom stereocenters. The van der Waals surface area contributed by atoms with Crippen molar-refractivity contribution >= 4 is 11.6 Å². The molecule has 1 aliphatic heterocycles. The predicted octanol–water partition coefficient (Wildman–Crippen LogP) is 1.78. The fraction of sp³-hybridized carbons (Fsp3) is 0.462. The lowest BCUT2D eigenvalue weighted by atomic mass is 10.0. The average molecular weight is 235 g/mol. The molecule has 1 amide bonds. The van der Waals surface area contributed by atoms with Crippen LogP contribution in [0.5, 0.6) is 5.75 Å². The number of hydrogen-bond donors (Lipinski definition) is 1. The number of benzene rings is 1. The number of carbonyl (C=O) groups is 1. The van der Waals surface area contributed by atoms with Crippen LogP contribution in [0.4, 0.5) is 5.69 Å². The topological polar surface area (TPSA) is 49.8 Å². The molecule has 1 aromatic rings. The molecule has 0 radical (unpaired) electrons. The smallest absolute Gasteiger partial charge is 0.232 e. The van der Waals surface area contributed by atoms with E-state index in [1.807, 2.05) is 6.92 Å². The molecule has 0 saturated carbocycles. The molecule has 4 heteroatoms. The number of hydrogen-bond acceptors (Lipinski definition) is 3. The predicted molar refractivity (Wildman–Crippen MR) is 65.0 cm³/mol. The Morgan fingerprint density at radius 1 is 1.41 bits per heavy atom. The average Bonchev–Trinajstić information content (AvgIpc) is 2.75. The van der Waals surface area contributed by atoms with Gasteiger partial charge in [-0.2, -0.15) is 0 Å². The van der Waals surface area contributed by atoms with Gasteiger partial charge in [-0.15, -0.1) is 0 Å². The molecule has 1 aromatic carbocycles. The zero-order valence-corrected chi connectivity index (χ0v) is 10.1. The summed E-state index contributed by atoms with van der Waals surface area (Å²) in [6, 6.07) is 6.61. The lowest BCUT2D eigenvalue weighted by Gasteiger charge is -2.20. The molecule has 17 heavy (non-hydrogen) atoms. The van der Waals surface area contributed by atoms with Crippen molar-refractivity contribution < 1.29 is 14.6 Å². The van der Waals surface area contributed by atoms with Crippen molar-refractivity contribution in [3.8, 4) is 5.75 Å². The zero-order chi connectivity index (χ0) is 12.4. The minimum absolute atomic E-state index is 0.0520. The maximum Gasteiger partial charge on any atom is 0.232 e. The van der Waals surface area contributed by atoms with Crippen LogP contribution in [-0.2, 0) is 9.53 Å². The van der Waals surface area contributed by atoms with Gasteiger partial charge in [-0.05, 0) is 37.6 Å². The third-order valence-electron chi connectivity index (χ3n) is 3.12. The molecule has 4 nitrogen and oxygen atoms in total. The maximum atomic E-state index is 12.2. The first-order valence-corrected chi connectivity index (χ1v) is 5.76. The van der Waals surface area contributed by atoms with Crippen LogP contribution in [0.2, 0.25) is 0 Å². The zero-order valence-electron chi connectivity index (χ0n) is 10.1. The van der Waals surface area contributed by atoms with Gasteiger partial charge in [-0.3, -0.25) is 4.79 Å². The lowest BCUT2D eigenvalue weighted by Crippen LogP contribution is -2.33. The second kappa shape index (κ2) is 4.75. The van der Waals surface area contributed by atoms with Crippen LogP contribution in [-0.4, -0.2) is 30.8 Å². The third kappa shape index (κ3) is 2.58. The molecule has 0 spiro atoms. The standard InChI is InChI=1S/C13H17NO3/c1-9-7-10(8-17-9)13(16)14(2)11-3-5-12(15)6-4-11/h3-6,9-10,15H,7-8H2,1-2H3. The van der Waals surface area contributed by atoms with E-state index in [0.29, 0.717) is 6.61 Å². The molecule has 2 unspecified atom stereocenters. The van der Waals surface area contributed by atoms with E-state index in [9.17, 15) is 9.90 Å². The number of rotatable bonds is 2. The summed E-state index contributed by atoms with van der Waals surface area (Å²) in [5.74, 6) is 0.219. The Hall–Kier alpha value is -1.55. The van der Waals surface area contributed by atoms with E-state index in [1.54, 1.807) is 36.2 Å². The maximum absolute atomic E-state index is 12.2. The molecule has 0 bridgehead atoms.